The SMILES string of the molecule is Cc1cc(C)cc(C2=NO[C@]3(C2)N(C)c2ccccc2C3(C)C)c1. The molecule has 2 aromatic rings. The lowest BCUT2D eigenvalue weighted by molar-refractivity contribution is -0.0591. The molecule has 124 valence electrons. The summed E-state index contributed by atoms with van der Waals surface area (Å²) in [5.74, 6) is 0. The zero-order valence-electron chi connectivity index (χ0n) is 15.1. The van der Waals surface area contributed by atoms with E-state index < -0.39 is 5.72 Å². The Kier molecular flexibility index (Phi) is 3.08. The third-order valence-electron chi connectivity index (χ3n) is 5.73. The molecule has 0 amide bonds. The molecule has 4 rings (SSSR count). The van der Waals surface area contributed by atoms with Crippen LogP contribution in [-0.2, 0) is 10.3 Å². The van der Waals surface area contributed by atoms with Gasteiger partial charge >= 0.3 is 0 Å². The van der Waals surface area contributed by atoms with Crippen LogP contribution in [-0.4, -0.2) is 18.5 Å². The summed E-state index contributed by atoms with van der Waals surface area (Å²) < 4.78 is 0. The molecule has 0 radical (unpaired) electrons. The van der Waals surface area contributed by atoms with E-state index in [9.17, 15) is 0 Å². The Morgan fingerprint density at radius 3 is 2.38 bits per heavy atom. The van der Waals surface area contributed by atoms with Gasteiger partial charge in [0.25, 0.3) is 0 Å². The van der Waals surface area contributed by atoms with Crippen molar-refractivity contribution in [2.75, 3.05) is 11.9 Å². The van der Waals surface area contributed by atoms with Gasteiger partial charge in [-0.2, -0.15) is 0 Å². The highest BCUT2D eigenvalue weighted by Gasteiger charge is 2.61. The second-order valence-corrected chi connectivity index (χ2v) is 7.67. The van der Waals surface area contributed by atoms with Crippen molar-refractivity contribution in [2.45, 2.75) is 45.3 Å². The highest BCUT2D eigenvalue weighted by Crippen LogP contribution is 2.55. The van der Waals surface area contributed by atoms with E-state index in [1.165, 1.54) is 27.9 Å². The van der Waals surface area contributed by atoms with Crippen molar-refractivity contribution in [2.24, 2.45) is 5.16 Å². The summed E-state index contributed by atoms with van der Waals surface area (Å²) in [6.45, 7) is 8.78. The maximum Gasteiger partial charge on any atom is 0.224 e. The van der Waals surface area contributed by atoms with Crippen LogP contribution in [0, 0.1) is 13.8 Å². The maximum atomic E-state index is 6.17. The second-order valence-electron chi connectivity index (χ2n) is 7.67. The molecule has 0 aliphatic carbocycles. The molecule has 2 aliphatic heterocycles. The number of rotatable bonds is 1. The molecule has 2 aromatic carbocycles. The van der Waals surface area contributed by atoms with Crippen LogP contribution in [0.4, 0.5) is 5.69 Å². The Hall–Kier alpha value is -2.29. The van der Waals surface area contributed by atoms with E-state index in [2.05, 4.69) is 87.3 Å². The number of likely N-dealkylation sites (N-methyl/N-ethyl adjacent to an activating group) is 1. The summed E-state index contributed by atoms with van der Waals surface area (Å²) >= 11 is 0. The standard InChI is InChI=1S/C21H24N2O/c1-14-10-15(2)12-16(11-14)18-13-21(24-22-18)20(3,4)17-8-6-7-9-19(17)23(21)5/h6-12H,13H2,1-5H3/t21-/m0/s1. The lowest BCUT2D eigenvalue weighted by atomic mass is 9.75. The topological polar surface area (TPSA) is 24.8 Å². The first-order valence-electron chi connectivity index (χ1n) is 8.52. The number of hydrogen-bond acceptors (Lipinski definition) is 3. The van der Waals surface area contributed by atoms with Gasteiger partial charge in [0.05, 0.1) is 17.5 Å². The van der Waals surface area contributed by atoms with Crippen LogP contribution >= 0.6 is 0 Å². The molecule has 2 heterocycles. The van der Waals surface area contributed by atoms with E-state index in [0.29, 0.717) is 0 Å². The summed E-state index contributed by atoms with van der Waals surface area (Å²) in [6.07, 6.45) is 0.786. The van der Waals surface area contributed by atoms with Crippen molar-refractivity contribution >= 4 is 11.4 Å². The average Bonchev–Trinajstić information content (AvgIpc) is 3.05. The molecule has 0 N–H and O–H groups in total. The Morgan fingerprint density at radius 1 is 1.04 bits per heavy atom. The Balaban J connectivity index is 1.75. The number of hydrogen-bond donors (Lipinski definition) is 0. The summed E-state index contributed by atoms with van der Waals surface area (Å²) in [5.41, 5.74) is 6.70. The molecule has 2 aliphatic rings. The van der Waals surface area contributed by atoms with Gasteiger partial charge in [-0.3, -0.25) is 0 Å². The minimum Gasteiger partial charge on any atom is -0.366 e. The normalized spacial score (nSPS) is 24.0. The number of anilines is 1. The third kappa shape index (κ3) is 1.87. The van der Waals surface area contributed by atoms with Crippen LogP contribution in [0.2, 0.25) is 0 Å². The smallest absolute Gasteiger partial charge is 0.224 e. The lowest BCUT2D eigenvalue weighted by Gasteiger charge is -2.40. The number of oxime groups is 1. The first-order valence-corrected chi connectivity index (χ1v) is 8.52. The van der Waals surface area contributed by atoms with Crippen LogP contribution in [0.15, 0.2) is 47.6 Å². The van der Waals surface area contributed by atoms with Gasteiger partial charge in [-0.1, -0.05) is 52.7 Å². The minimum absolute atomic E-state index is 0.136. The summed E-state index contributed by atoms with van der Waals surface area (Å²) in [4.78, 5) is 8.44. The molecular formula is C21H24N2O. The number of fused-ring (bicyclic) bond motifs is 1. The van der Waals surface area contributed by atoms with Gasteiger partial charge in [-0.15, -0.1) is 0 Å². The van der Waals surface area contributed by atoms with Crippen LogP contribution in [0.25, 0.3) is 0 Å². The van der Waals surface area contributed by atoms with Gasteiger partial charge in [0.2, 0.25) is 5.72 Å². The van der Waals surface area contributed by atoms with Crippen molar-refractivity contribution in [3.05, 3.63) is 64.7 Å². The molecular weight excluding hydrogens is 296 g/mol. The van der Waals surface area contributed by atoms with E-state index in [1.54, 1.807) is 0 Å². The molecule has 0 aromatic heterocycles. The van der Waals surface area contributed by atoms with Gasteiger partial charge < -0.3 is 9.74 Å². The minimum atomic E-state index is -0.455. The zero-order chi connectivity index (χ0) is 17.1. The van der Waals surface area contributed by atoms with Crippen molar-refractivity contribution in [1.82, 2.24) is 0 Å². The molecule has 1 atom stereocenters. The Morgan fingerprint density at radius 2 is 1.71 bits per heavy atom. The summed E-state index contributed by atoms with van der Waals surface area (Å²) in [7, 11) is 2.12. The molecule has 0 bridgehead atoms. The number of para-hydroxylation sites is 1. The summed E-state index contributed by atoms with van der Waals surface area (Å²) in [5, 5.41) is 4.53. The fraction of sp³-hybridized carbons (Fsp3) is 0.381. The van der Waals surface area contributed by atoms with E-state index in [-0.39, 0.29) is 5.41 Å². The molecule has 3 nitrogen and oxygen atoms in total. The van der Waals surface area contributed by atoms with E-state index in [1.807, 2.05) is 0 Å². The molecule has 3 heteroatoms. The number of aryl methyl sites for hydroxylation is 2. The lowest BCUT2D eigenvalue weighted by Crippen LogP contribution is -2.54. The van der Waals surface area contributed by atoms with Crippen LogP contribution in [0.3, 0.4) is 0 Å². The Labute approximate surface area is 143 Å². The fourth-order valence-corrected chi connectivity index (χ4v) is 4.35. The molecule has 0 fully saturated rings. The largest absolute Gasteiger partial charge is 0.366 e. The van der Waals surface area contributed by atoms with Crippen molar-refractivity contribution in [3.8, 4) is 0 Å². The summed E-state index contributed by atoms with van der Waals surface area (Å²) in [6, 6.07) is 15.2. The monoisotopic (exact) mass is 320 g/mol. The average molecular weight is 320 g/mol. The van der Waals surface area contributed by atoms with E-state index >= 15 is 0 Å². The maximum absolute atomic E-state index is 6.17. The molecule has 0 saturated heterocycles. The van der Waals surface area contributed by atoms with Crippen molar-refractivity contribution in [1.29, 1.82) is 0 Å². The fourth-order valence-electron chi connectivity index (χ4n) is 4.35. The highest BCUT2D eigenvalue weighted by atomic mass is 16.7. The van der Waals surface area contributed by atoms with Crippen molar-refractivity contribution in [3.63, 3.8) is 0 Å². The van der Waals surface area contributed by atoms with Crippen LogP contribution in [0.5, 0.6) is 0 Å². The van der Waals surface area contributed by atoms with Gasteiger partial charge in [0.1, 0.15) is 0 Å². The molecule has 0 unspecified atom stereocenters. The molecule has 1 spiro atoms. The molecule has 24 heavy (non-hydrogen) atoms. The van der Waals surface area contributed by atoms with E-state index in [4.69, 9.17) is 4.84 Å². The molecule has 0 saturated carbocycles. The third-order valence-corrected chi connectivity index (χ3v) is 5.73. The van der Waals surface area contributed by atoms with Crippen LogP contribution < -0.4 is 4.90 Å². The van der Waals surface area contributed by atoms with Gasteiger partial charge in [0, 0.05) is 18.3 Å². The zero-order valence-corrected chi connectivity index (χ0v) is 15.1. The van der Waals surface area contributed by atoms with E-state index in [0.717, 1.165) is 12.1 Å². The first-order chi connectivity index (χ1) is 11.3. The van der Waals surface area contributed by atoms with Crippen LogP contribution in [0.1, 0.15) is 42.5 Å². The van der Waals surface area contributed by atoms with Crippen molar-refractivity contribution < 1.29 is 4.84 Å². The Bertz CT molecular complexity index is 832. The van der Waals surface area contributed by atoms with Gasteiger partial charge in [-0.25, -0.2) is 0 Å². The predicted octanol–water partition coefficient (Wildman–Crippen LogP) is 4.55. The second kappa shape index (κ2) is 4.85. The number of nitrogens with zero attached hydrogens (tertiary/aromatic N) is 2. The number of benzene rings is 2. The van der Waals surface area contributed by atoms with Gasteiger partial charge in [-0.05, 0) is 39.3 Å². The van der Waals surface area contributed by atoms with Gasteiger partial charge in [0.15, 0.2) is 0 Å². The highest BCUT2D eigenvalue weighted by molar-refractivity contribution is 6.02. The first kappa shape index (κ1) is 15.3. The predicted molar refractivity (Wildman–Crippen MR) is 98.8 cm³/mol. The quantitative estimate of drug-likeness (QED) is 0.770.